The van der Waals surface area contributed by atoms with E-state index < -0.39 is 42.3 Å². The molecule has 3 aliphatic rings. The fraction of sp³-hybridized carbons (Fsp3) is 0.273. The van der Waals surface area contributed by atoms with E-state index in [0.29, 0.717) is 11.1 Å². The van der Waals surface area contributed by atoms with Gasteiger partial charge in [-0.25, -0.2) is 8.78 Å². The van der Waals surface area contributed by atoms with Crippen LogP contribution in [-0.2, 0) is 26.2 Å². The maximum absolute atomic E-state index is 13.6. The zero-order valence-corrected chi connectivity index (χ0v) is 18.3. The van der Waals surface area contributed by atoms with Crippen LogP contribution in [0.2, 0.25) is 10.0 Å². The van der Waals surface area contributed by atoms with Gasteiger partial charge in [-0.2, -0.15) is 5.01 Å². The minimum absolute atomic E-state index is 0.0393. The molecule has 0 bridgehead atoms. The molecule has 1 aliphatic heterocycles. The first-order valence-electron chi connectivity index (χ1n) is 9.91. The zero-order valence-electron chi connectivity index (χ0n) is 16.8. The van der Waals surface area contributed by atoms with Gasteiger partial charge in [0.05, 0.1) is 27.6 Å². The number of carbonyl (C=O) groups is 3. The molecular weight excluding hydrogens is 479 g/mol. The van der Waals surface area contributed by atoms with Crippen molar-refractivity contribution in [2.24, 2.45) is 10.8 Å². The molecule has 5 rings (SSSR count). The molecule has 1 fully saturated rings. The van der Waals surface area contributed by atoms with Crippen LogP contribution in [0.4, 0.5) is 14.5 Å². The van der Waals surface area contributed by atoms with Crippen LogP contribution in [0.5, 0.6) is 11.5 Å². The molecule has 1 saturated carbocycles. The van der Waals surface area contributed by atoms with Crippen molar-refractivity contribution < 1.29 is 27.9 Å². The van der Waals surface area contributed by atoms with E-state index >= 15 is 0 Å². The molecule has 1 spiro atoms. The Labute approximate surface area is 196 Å². The van der Waals surface area contributed by atoms with E-state index in [2.05, 4.69) is 5.10 Å². The van der Waals surface area contributed by atoms with Crippen molar-refractivity contribution in [3.8, 4) is 11.5 Å². The fourth-order valence-corrected chi connectivity index (χ4v) is 5.09. The molecule has 11 heteroatoms. The quantitative estimate of drug-likeness (QED) is 0.646. The van der Waals surface area contributed by atoms with E-state index in [1.165, 1.54) is 12.1 Å². The molecule has 7 nitrogen and oxygen atoms in total. The Hall–Kier alpha value is -3.04. The number of hydrogen-bond acceptors (Lipinski definition) is 6. The van der Waals surface area contributed by atoms with Gasteiger partial charge in [0.25, 0.3) is 11.8 Å². The molecule has 2 N–H and O–H groups in total. The number of amides is 1. The predicted molar refractivity (Wildman–Crippen MR) is 116 cm³/mol. The van der Waals surface area contributed by atoms with Crippen LogP contribution in [0, 0.1) is 0 Å². The predicted octanol–water partition coefficient (Wildman–Crippen LogP) is 4.16. The van der Waals surface area contributed by atoms with Gasteiger partial charge in [-0.1, -0.05) is 29.3 Å². The lowest BCUT2D eigenvalue weighted by Gasteiger charge is -2.44. The number of Topliss-reactive ketones (excluding diaryl/α,β-unsaturated/α-hetero) is 2. The van der Waals surface area contributed by atoms with Gasteiger partial charge in [-0.3, -0.25) is 14.4 Å². The highest BCUT2D eigenvalue weighted by Crippen LogP contribution is 2.58. The third-order valence-electron chi connectivity index (χ3n) is 6.09. The first kappa shape index (κ1) is 21.8. The largest absolute Gasteiger partial charge is 0.454 e. The summed E-state index contributed by atoms with van der Waals surface area (Å²) in [6.45, 7) is 0. The van der Waals surface area contributed by atoms with E-state index in [1.807, 2.05) is 0 Å². The van der Waals surface area contributed by atoms with Gasteiger partial charge in [-0.05, 0) is 35.4 Å². The van der Waals surface area contributed by atoms with E-state index in [-0.39, 0.29) is 45.3 Å². The average Bonchev–Trinajstić information content (AvgIpc) is 2.98. The van der Waals surface area contributed by atoms with Crippen molar-refractivity contribution in [3.05, 3.63) is 51.5 Å². The third-order valence-corrected chi connectivity index (χ3v) is 6.65. The molecule has 0 saturated heterocycles. The Morgan fingerprint density at radius 2 is 1.70 bits per heavy atom. The zero-order chi connectivity index (χ0) is 23.7. The van der Waals surface area contributed by atoms with Gasteiger partial charge in [-0.15, -0.1) is 5.10 Å². The molecule has 33 heavy (non-hydrogen) atoms. The second-order valence-electron chi connectivity index (χ2n) is 8.34. The highest BCUT2D eigenvalue weighted by Gasteiger charge is 2.63. The Balaban J connectivity index is 1.45. The molecular formula is C22H15Cl2F2N3O4. The summed E-state index contributed by atoms with van der Waals surface area (Å²) < 4.78 is 33.1. The number of anilines is 1. The standard InChI is InChI=1S/C22H15Cl2F2N3O4/c23-14-4-11(29-18(32)7-16(30)20(27)28-29)5-15(24)19(14)33-12-2-1-10-3-17(31)21(13(10)6-12)8-22(25,26)9-21/h1-2,4-6H,3,7-9H2,(H2,27,28). The molecule has 0 atom stereocenters. The molecule has 0 radical (unpaired) electrons. The number of ether oxygens (including phenoxy) is 1. The average molecular weight is 494 g/mol. The van der Waals surface area contributed by atoms with Gasteiger partial charge in [0, 0.05) is 19.3 Å². The lowest BCUT2D eigenvalue weighted by atomic mass is 9.62. The summed E-state index contributed by atoms with van der Waals surface area (Å²) in [7, 11) is 0. The van der Waals surface area contributed by atoms with Crippen molar-refractivity contribution in [1.29, 1.82) is 0 Å². The van der Waals surface area contributed by atoms with Crippen LogP contribution in [0.1, 0.15) is 30.4 Å². The van der Waals surface area contributed by atoms with Crippen molar-refractivity contribution in [2.45, 2.75) is 37.0 Å². The normalized spacial score (nSPS) is 20.5. The van der Waals surface area contributed by atoms with Crippen LogP contribution in [-0.4, -0.2) is 29.2 Å². The van der Waals surface area contributed by atoms with Crippen molar-refractivity contribution >= 4 is 52.2 Å². The monoisotopic (exact) mass is 493 g/mol. The minimum atomic E-state index is -2.86. The van der Waals surface area contributed by atoms with Gasteiger partial charge < -0.3 is 10.5 Å². The number of hydrogen-bond donors (Lipinski definition) is 1. The number of hydrazone groups is 1. The summed E-state index contributed by atoms with van der Waals surface area (Å²) in [6, 6.07) is 7.59. The molecule has 2 aromatic rings. The first-order chi connectivity index (χ1) is 15.5. The van der Waals surface area contributed by atoms with E-state index in [4.69, 9.17) is 33.7 Å². The van der Waals surface area contributed by atoms with Crippen molar-refractivity contribution in [2.75, 3.05) is 5.01 Å². The highest BCUT2D eigenvalue weighted by molar-refractivity contribution is 6.44. The number of fused-ring (bicyclic) bond motifs is 2. The maximum atomic E-state index is 13.6. The third kappa shape index (κ3) is 3.46. The number of alkyl halides is 2. The number of amidine groups is 1. The van der Waals surface area contributed by atoms with Crippen molar-refractivity contribution in [1.82, 2.24) is 0 Å². The molecule has 170 valence electrons. The van der Waals surface area contributed by atoms with Gasteiger partial charge in [0.2, 0.25) is 5.78 Å². The van der Waals surface area contributed by atoms with Crippen LogP contribution in [0.3, 0.4) is 0 Å². The SMILES string of the molecule is NC1=NN(c2cc(Cl)c(Oc3ccc4c(c3)C3(CC(F)(F)C3)C(=O)C4)c(Cl)c2)C(=O)CC1=O. The summed E-state index contributed by atoms with van der Waals surface area (Å²) in [4.78, 5) is 36.2. The van der Waals surface area contributed by atoms with E-state index in [9.17, 15) is 23.2 Å². The minimum Gasteiger partial charge on any atom is -0.454 e. The number of halogens is 4. The van der Waals surface area contributed by atoms with Gasteiger partial charge >= 0.3 is 0 Å². The maximum Gasteiger partial charge on any atom is 0.255 e. The second kappa shape index (κ2) is 7.23. The molecule has 0 unspecified atom stereocenters. The molecule has 0 aromatic heterocycles. The molecule has 1 amide bonds. The van der Waals surface area contributed by atoms with E-state index in [1.54, 1.807) is 18.2 Å². The summed E-state index contributed by atoms with van der Waals surface area (Å²) in [6.07, 6.45) is -1.35. The summed E-state index contributed by atoms with van der Waals surface area (Å²) in [5, 5.41) is 4.79. The number of benzene rings is 2. The summed E-state index contributed by atoms with van der Waals surface area (Å²) in [5.41, 5.74) is 5.77. The Kier molecular flexibility index (Phi) is 4.77. The number of nitrogens with zero attached hydrogens (tertiary/aromatic N) is 2. The van der Waals surface area contributed by atoms with Crippen LogP contribution in [0.15, 0.2) is 35.4 Å². The Morgan fingerprint density at radius 3 is 2.33 bits per heavy atom. The Morgan fingerprint density at radius 1 is 1.03 bits per heavy atom. The summed E-state index contributed by atoms with van der Waals surface area (Å²) >= 11 is 12.7. The molecule has 2 aliphatic carbocycles. The topological polar surface area (TPSA) is 102 Å². The summed E-state index contributed by atoms with van der Waals surface area (Å²) in [5.74, 6) is -4.23. The smallest absolute Gasteiger partial charge is 0.255 e. The highest BCUT2D eigenvalue weighted by atomic mass is 35.5. The van der Waals surface area contributed by atoms with Crippen LogP contribution in [0.25, 0.3) is 0 Å². The lowest BCUT2D eigenvalue weighted by Crippen LogP contribution is -2.52. The van der Waals surface area contributed by atoms with Gasteiger partial charge in [0.15, 0.2) is 11.6 Å². The molecule has 1 heterocycles. The second-order valence-corrected chi connectivity index (χ2v) is 9.16. The number of ketones is 2. The van der Waals surface area contributed by atoms with Crippen LogP contribution >= 0.6 is 23.2 Å². The number of carbonyl (C=O) groups excluding carboxylic acids is 3. The first-order valence-corrected chi connectivity index (χ1v) is 10.7. The number of nitrogens with two attached hydrogens (primary N) is 1. The lowest BCUT2D eigenvalue weighted by molar-refractivity contribution is -0.154. The number of rotatable bonds is 3. The molecule has 2 aromatic carbocycles. The fourth-order valence-electron chi connectivity index (χ4n) is 4.54. The Bertz CT molecular complexity index is 1260. The van der Waals surface area contributed by atoms with Crippen LogP contribution < -0.4 is 15.5 Å². The van der Waals surface area contributed by atoms with Gasteiger partial charge in [0.1, 0.15) is 11.5 Å². The van der Waals surface area contributed by atoms with E-state index in [0.717, 1.165) is 5.01 Å². The van der Waals surface area contributed by atoms with Crippen molar-refractivity contribution in [3.63, 3.8) is 0 Å².